The minimum atomic E-state index is -1.02. The predicted molar refractivity (Wildman–Crippen MR) is 222 cm³/mol. The highest BCUT2D eigenvalue weighted by atomic mass is 35.5. The molecule has 0 aliphatic heterocycles. The lowest BCUT2D eigenvalue weighted by atomic mass is 9.98. The van der Waals surface area contributed by atoms with Crippen LogP contribution >= 0.6 is 46.7 Å². The largest absolute Gasteiger partial charge is 0.386 e. The van der Waals surface area contributed by atoms with E-state index in [1.807, 2.05) is 73.1 Å². The summed E-state index contributed by atoms with van der Waals surface area (Å²) in [6.45, 7) is 3.43. The molecule has 15 heteroatoms. The highest BCUT2D eigenvalue weighted by Gasteiger charge is 2.20. The Bertz CT molecular complexity index is 2710. The highest BCUT2D eigenvalue weighted by molar-refractivity contribution is 7.99. The van der Waals surface area contributed by atoms with Gasteiger partial charge in [0.15, 0.2) is 0 Å². The third-order valence-electron chi connectivity index (χ3n) is 8.36. The van der Waals surface area contributed by atoms with Gasteiger partial charge in [-0.25, -0.2) is 23.1 Å². The van der Waals surface area contributed by atoms with Crippen LogP contribution in [0.3, 0.4) is 0 Å². The van der Waals surface area contributed by atoms with Crippen molar-refractivity contribution in [1.82, 2.24) is 34.5 Å². The zero-order valence-corrected chi connectivity index (χ0v) is 33.8. The summed E-state index contributed by atoms with van der Waals surface area (Å²) >= 11 is 15.0. The Morgan fingerprint density at radius 1 is 0.638 bits per heavy atom. The molecule has 1 N–H and O–H groups in total. The average molecular weight is 848 g/mol. The number of pyridine rings is 3. The fraction of sp³-hybridized carbons (Fsp3) is 0.0698. The lowest BCUT2D eigenvalue weighted by Crippen LogP contribution is -2.15. The van der Waals surface area contributed by atoms with Crippen LogP contribution in [0.25, 0.3) is 33.9 Å². The second kappa shape index (κ2) is 17.7. The van der Waals surface area contributed by atoms with Crippen molar-refractivity contribution < 1.29 is 13.9 Å². The maximum atomic E-state index is 13.6. The summed E-state index contributed by atoms with van der Waals surface area (Å²) in [5.74, 6) is -0.745. The number of aliphatic hydroxyl groups is 1. The lowest BCUT2D eigenvalue weighted by molar-refractivity contribution is 0.0783. The molecule has 0 saturated carbocycles. The minimum Gasteiger partial charge on any atom is -0.386 e. The van der Waals surface area contributed by atoms with Crippen LogP contribution in [0.4, 0.5) is 8.78 Å². The molecular formula is C43H30Cl2F2N8OS2. The number of hydrogen-bond donors (Lipinski definition) is 1. The molecule has 8 rings (SSSR count). The fourth-order valence-corrected chi connectivity index (χ4v) is 7.53. The molecule has 0 radical (unpaired) electrons. The quantitative estimate of drug-likeness (QED) is 0.151. The fourth-order valence-electron chi connectivity index (χ4n) is 5.41. The van der Waals surface area contributed by atoms with Gasteiger partial charge in [0, 0.05) is 73.6 Å². The van der Waals surface area contributed by atoms with Gasteiger partial charge in [-0.3, -0.25) is 9.97 Å². The van der Waals surface area contributed by atoms with Gasteiger partial charge in [-0.1, -0.05) is 46.7 Å². The van der Waals surface area contributed by atoms with Gasteiger partial charge >= 0.3 is 0 Å². The Morgan fingerprint density at radius 3 is 1.74 bits per heavy atom. The normalized spacial score (nSPS) is 11.1. The smallest absolute Gasteiger partial charge is 0.143 e. The molecule has 0 aliphatic carbocycles. The highest BCUT2D eigenvalue weighted by Crippen LogP contribution is 2.38. The van der Waals surface area contributed by atoms with Crippen LogP contribution in [-0.2, 0) is 5.60 Å². The lowest BCUT2D eigenvalue weighted by Gasteiger charge is -2.17. The molecule has 0 saturated heterocycles. The second-order valence-corrected chi connectivity index (χ2v) is 16.2. The van der Waals surface area contributed by atoms with Gasteiger partial charge in [-0.05, 0) is 105 Å². The van der Waals surface area contributed by atoms with Crippen molar-refractivity contribution in [2.24, 2.45) is 0 Å². The van der Waals surface area contributed by atoms with E-state index >= 15 is 0 Å². The summed E-state index contributed by atoms with van der Waals surface area (Å²) in [5, 5.41) is 30.0. The summed E-state index contributed by atoms with van der Waals surface area (Å²) in [5.41, 5.74) is 4.16. The van der Waals surface area contributed by atoms with Gasteiger partial charge < -0.3 is 5.11 Å². The van der Waals surface area contributed by atoms with Gasteiger partial charge in [-0.15, -0.1) is 0 Å². The molecule has 8 aromatic rings. The standard InChI is InChI=1S/C23H19ClFN3OS.C20H11ClFN5S/c1-23(2,29)16-11-15(12-26-13-16)22-21(30-20-9-3-17(24)4-10-20)14-28(27-22)19-7-5-18(25)6-8-19;21-14-2-5-18(6-3-14)28-19-12-27(17-7-15(22)10-24-11-17)26-20(19)13-1-4-16(8-23)25-9-13/h3-14,29H,1-2H3;1-7,9-12H. The Balaban J connectivity index is 0.000000177. The number of nitriles is 1. The van der Waals surface area contributed by atoms with Crippen molar-refractivity contribution in [3.63, 3.8) is 0 Å². The first-order valence-electron chi connectivity index (χ1n) is 17.4. The molecule has 0 bridgehead atoms. The molecule has 0 fully saturated rings. The van der Waals surface area contributed by atoms with E-state index in [0.717, 1.165) is 48.3 Å². The van der Waals surface area contributed by atoms with Crippen molar-refractivity contribution in [3.05, 3.63) is 173 Å². The van der Waals surface area contributed by atoms with E-state index in [-0.39, 0.29) is 5.82 Å². The maximum absolute atomic E-state index is 13.6. The molecule has 0 spiro atoms. The summed E-state index contributed by atoms with van der Waals surface area (Å²) in [6.07, 6.45) is 11.4. The zero-order valence-electron chi connectivity index (χ0n) is 30.6. The second-order valence-electron chi connectivity index (χ2n) is 13.1. The van der Waals surface area contributed by atoms with Crippen LogP contribution in [-0.4, -0.2) is 39.6 Å². The van der Waals surface area contributed by atoms with Crippen LogP contribution in [0.2, 0.25) is 10.0 Å². The SMILES string of the molecule is CC(C)(O)c1cncc(-c2nn(-c3ccc(F)cc3)cc2Sc2ccc(Cl)cc2)c1.N#Cc1ccc(-c2nn(-c3cncc(F)c3)cc2Sc2ccc(Cl)cc2)cn1. The first kappa shape index (κ1) is 40.3. The van der Waals surface area contributed by atoms with E-state index in [2.05, 4.69) is 20.1 Å². The molecule has 58 heavy (non-hydrogen) atoms. The predicted octanol–water partition coefficient (Wildman–Crippen LogP) is 11.3. The van der Waals surface area contributed by atoms with E-state index in [1.54, 1.807) is 77.8 Å². The van der Waals surface area contributed by atoms with Crippen molar-refractivity contribution in [2.45, 2.75) is 39.0 Å². The Labute approximate surface area is 351 Å². The van der Waals surface area contributed by atoms with Crippen molar-refractivity contribution in [3.8, 4) is 40.0 Å². The van der Waals surface area contributed by atoms with Crippen molar-refractivity contribution in [1.29, 1.82) is 5.26 Å². The van der Waals surface area contributed by atoms with Crippen LogP contribution in [0, 0.1) is 23.0 Å². The summed E-state index contributed by atoms with van der Waals surface area (Å²) in [7, 11) is 0. The van der Waals surface area contributed by atoms with Crippen LogP contribution in [0.5, 0.6) is 0 Å². The molecule has 288 valence electrons. The average Bonchev–Trinajstić information content (AvgIpc) is 3.85. The van der Waals surface area contributed by atoms with E-state index in [4.69, 9.17) is 33.6 Å². The molecular weight excluding hydrogens is 818 g/mol. The Kier molecular flexibility index (Phi) is 12.3. The number of hydrogen-bond acceptors (Lipinski definition) is 9. The van der Waals surface area contributed by atoms with Crippen LogP contribution < -0.4 is 0 Å². The number of rotatable bonds is 9. The maximum Gasteiger partial charge on any atom is 0.143 e. The molecule has 3 aromatic carbocycles. The molecule has 9 nitrogen and oxygen atoms in total. The van der Waals surface area contributed by atoms with E-state index in [9.17, 15) is 13.9 Å². The van der Waals surface area contributed by atoms with Crippen LogP contribution in [0.1, 0.15) is 25.1 Å². The number of nitrogens with zero attached hydrogens (tertiary/aromatic N) is 8. The van der Waals surface area contributed by atoms with E-state index in [1.165, 1.54) is 36.2 Å². The van der Waals surface area contributed by atoms with E-state index < -0.39 is 11.4 Å². The van der Waals surface area contributed by atoms with Crippen molar-refractivity contribution >= 4 is 46.7 Å². The zero-order chi connectivity index (χ0) is 40.8. The summed E-state index contributed by atoms with van der Waals surface area (Å²) < 4.78 is 30.2. The van der Waals surface area contributed by atoms with Gasteiger partial charge in [0.2, 0.25) is 0 Å². The molecule has 5 aromatic heterocycles. The molecule has 0 atom stereocenters. The molecule has 0 unspecified atom stereocenters. The third kappa shape index (κ3) is 9.97. The van der Waals surface area contributed by atoms with Gasteiger partial charge in [-0.2, -0.15) is 15.5 Å². The van der Waals surface area contributed by atoms with Crippen LogP contribution in [0.15, 0.2) is 160 Å². The number of aromatic nitrogens is 7. The minimum absolute atomic E-state index is 0.302. The molecule has 5 heterocycles. The summed E-state index contributed by atoms with van der Waals surface area (Å²) in [6, 6.07) is 29.8. The number of benzene rings is 3. The third-order valence-corrected chi connectivity index (χ3v) is 10.9. The summed E-state index contributed by atoms with van der Waals surface area (Å²) in [4.78, 5) is 16.0. The molecule has 0 aliphatic rings. The van der Waals surface area contributed by atoms with Crippen molar-refractivity contribution in [2.75, 3.05) is 0 Å². The Morgan fingerprint density at radius 2 is 1.21 bits per heavy atom. The first-order chi connectivity index (χ1) is 27.9. The van der Waals surface area contributed by atoms with Gasteiger partial charge in [0.25, 0.3) is 0 Å². The number of halogens is 4. The van der Waals surface area contributed by atoms with Gasteiger partial charge in [0.05, 0.1) is 39.2 Å². The first-order valence-corrected chi connectivity index (χ1v) is 19.8. The Hall–Kier alpha value is -5.88. The van der Waals surface area contributed by atoms with E-state index in [0.29, 0.717) is 32.7 Å². The molecule has 0 amide bonds. The topological polar surface area (TPSA) is 118 Å². The monoisotopic (exact) mass is 846 g/mol. The van der Waals surface area contributed by atoms with Gasteiger partial charge in [0.1, 0.15) is 34.8 Å².